The Morgan fingerprint density at radius 2 is 2.10 bits per heavy atom. The molecule has 0 aliphatic carbocycles. The molecule has 0 amide bonds. The van der Waals surface area contributed by atoms with E-state index in [1.54, 1.807) is 25.1 Å². The van der Waals surface area contributed by atoms with Crippen LogP contribution in [0.3, 0.4) is 0 Å². The first-order valence-corrected chi connectivity index (χ1v) is 6.94. The number of benzene rings is 1. The summed E-state index contributed by atoms with van der Waals surface area (Å²) >= 11 is 0. The monoisotopic (exact) mass is 290 g/mol. The smallest absolute Gasteiger partial charge is 0.335 e. The summed E-state index contributed by atoms with van der Waals surface area (Å²) in [6, 6.07) is 4.83. The van der Waals surface area contributed by atoms with Crippen molar-refractivity contribution in [3.63, 3.8) is 0 Å². The molecule has 0 spiro atoms. The lowest BCUT2D eigenvalue weighted by molar-refractivity contribution is -0.143. The second-order valence-electron chi connectivity index (χ2n) is 4.60. The van der Waals surface area contributed by atoms with Crippen molar-refractivity contribution in [2.75, 3.05) is 6.61 Å². The Balaban J connectivity index is 2.33. The first kappa shape index (κ1) is 15.0. The number of aromatic nitrogens is 2. The van der Waals surface area contributed by atoms with Crippen molar-refractivity contribution in [1.29, 1.82) is 0 Å². The molecule has 0 atom stereocenters. The molecule has 1 aromatic heterocycles. The molecule has 1 N–H and O–H groups in total. The van der Waals surface area contributed by atoms with Crippen molar-refractivity contribution in [2.45, 2.75) is 33.2 Å². The number of esters is 1. The number of aryl methyl sites for hydroxylation is 2. The number of hydrogen-bond donors (Lipinski definition) is 1. The van der Waals surface area contributed by atoms with Gasteiger partial charge in [0, 0.05) is 13.0 Å². The molecule has 0 aliphatic rings. The Hall–Kier alpha value is -2.37. The van der Waals surface area contributed by atoms with E-state index < -0.39 is 5.97 Å². The van der Waals surface area contributed by atoms with Crippen molar-refractivity contribution in [2.24, 2.45) is 0 Å². The fraction of sp³-hybridized carbons (Fsp3) is 0.400. The third-order valence-electron chi connectivity index (χ3n) is 3.24. The summed E-state index contributed by atoms with van der Waals surface area (Å²) in [6.45, 7) is 4.59. The van der Waals surface area contributed by atoms with Crippen molar-refractivity contribution in [3.8, 4) is 0 Å². The Morgan fingerprint density at radius 3 is 2.71 bits per heavy atom. The maximum absolute atomic E-state index is 11.5. The molecule has 0 bridgehead atoms. The summed E-state index contributed by atoms with van der Waals surface area (Å²) in [4.78, 5) is 26.9. The molecule has 0 radical (unpaired) electrons. The number of imidazole rings is 1. The number of rotatable bonds is 6. The zero-order valence-electron chi connectivity index (χ0n) is 12.1. The third kappa shape index (κ3) is 3.21. The van der Waals surface area contributed by atoms with E-state index in [1.807, 2.05) is 11.5 Å². The Labute approximate surface area is 122 Å². The Kier molecular flexibility index (Phi) is 4.57. The minimum absolute atomic E-state index is 0.209. The summed E-state index contributed by atoms with van der Waals surface area (Å²) in [5, 5.41) is 9.02. The van der Waals surface area contributed by atoms with Crippen LogP contribution in [0, 0.1) is 0 Å². The molecular weight excluding hydrogens is 272 g/mol. The molecule has 0 aliphatic heterocycles. The Morgan fingerprint density at radius 1 is 1.33 bits per heavy atom. The highest BCUT2D eigenvalue weighted by molar-refractivity contribution is 5.92. The number of carboxylic acids is 1. The largest absolute Gasteiger partial charge is 0.478 e. The molecule has 0 unspecified atom stereocenters. The van der Waals surface area contributed by atoms with Gasteiger partial charge in [0.1, 0.15) is 5.82 Å². The van der Waals surface area contributed by atoms with Gasteiger partial charge in [-0.2, -0.15) is 0 Å². The molecule has 2 aromatic rings. The summed E-state index contributed by atoms with van der Waals surface area (Å²) in [5.41, 5.74) is 1.68. The van der Waals surface area contributed by atoms with Crippen LogP contribution in [0.15, 0.2) is 18.2 Å². The van der Waals surface area contributed by atoms with Crippen LogP contribution in [-0.2, 0) is 22.5 Å². The quantitative estimate of drug-likeness (QED) is 0.825. The average molecular weight is 290 g/mol. The summed E-state index contributed by atoms with van der Waals surface area (Å²) in [6.07, 6.45) is 0.979. The number of nitrogens with zero attached hydrogens (tertiary/aromatic N) is 2. The van der Waals surface area contributed by atoms with Gasteiger partial charge in [-0.3, -0.25) is 4.79 Å². The summed E-state index contributed by atoms with van der Waals surface area (Å²) < 4.78 is 6.87. The molecule has 6 heteroatoms. The van der Waals surface area contributed by atoms with Gasteiger partial charge in [0.2, 0.25) is 0 Å². The van der Waals surface area contributed by atoms with E-state index in [0.29, 0.717) is 25.1 Å². The van der Waals surface area contributed by atoms with E-state index in [4.69, 9.17) is 9.84 Å². The van der Waals surface area contributed by atoms with Crippen LogP contribution in [0.2, 0.25) is 0 Å². The summed E-state index contributed by atoms with van der Waals surface area (Å²) in [7, 11) is 0. The van der Waals surface area contributed by atoms with Crippen LogP contribution >= 0.6 is 0 Å². The SMILES string of the molecule is CCOC(=O)CCn1c(CC)nc2cc(C(=O)O)ccc21. The number of ether oxygens (including phenoxy) is 1. The van der Waals surface area contributed by atoms with E-state index in [1.165, 1.54) is 0 Å². The minimum Gasteiger partial charge on any atom is -0.478 e. The highest BCUT2D eigenvalue weighted by Crippen LogP contribution is 2.19. The molecule has 0 fully saturated rings. The molecule has 1 aromatic carbocycles. The van der Waals surface area contributed by atoms with E-state index >= 15 is 0 Å². The molecule has 2 rings (SSSR count). The van der Waals surface area contributed by atoms with Crippen molar-refractivity contribution < 1.29 is 19.4 Å². The standard InChI is InChI=1S/C15H18N2O4/c1-3-13-16-11-9-10(15(19)20)5-6-12(11)17(13)8-7-14(18)21-4-2/h5-6,9H,3-4,7-8H2,1-2H3,(H,19,20). The lowest BCUT2D eigenvalue weighted by Crippen LogP contribution is -2.10. The minimum atomic E-state index is -0.976. The number of carboxylic acid groups (broad SMARTS) is 1. The second kappa shape index (κ2) is 6.39. The number of carbonyl (C=O) groups excluding carboxylic acids is 1. The highest BCUT2D eigenvalue weighted by atomic mass is 16.5. The maximum atomic E-state index is 11.5. The van der Waals surface area contributed by atoms with Crippen LogP contribution < -0.4 is 0 Å². The third-order valence-corrected chi connectivity index (χ3v) is 3.24. The number of carbonyl (C=O) groups is 2. The molecular formula is C15H18N2O4. The van der Waals surface area contributed by atoms with Crippen LogP contribution in [0.4, 0.5) is 0 Å². The molecule has 21 heavy (non-hydrogen) atoms. The van der Waals surface area contributed by atoms with E-state index in [2.05, 4.69) is 4.98 Å². The van der Waals surface area contributed by atoms with E-state index in [-0.39, 0.29) is 18.0 Å². The van der Waals surface area contributed by atoms with Gasteiger partial charge in [-0.05, 0) is 25.1 Å². The lowest BCUT2D eigenvalue weighted by Gasteiger charge is -2.07. The van der Waals surface area contributed by atoms with Gasteiger partial charge in [0.05, 0.1) is 29.6 Å². The first-order chi connectivity index (χ1) is 10.1. The van der Waals surface area contributed by atoms with E-state index in [0.717, 1.165) is 11.3 Å². The zero-order valence-corrected chi connectivity index (χ0v) is 12.1. The van der Waals surface area contributed by atoms with Crippen LogP contribution in [0.5, 0.6) is 0 Å². The van der Waals surface area contributed by atoms with Gasteiger partial charge in [-0.1, -0.05) is 6.92 Å². The van der Waals surface area contributed by atoms with Crippen molar-refractivity contribution >= 4 is 23.0 Å². The van der Waals surface area contributed by atoms with Crippen LogP contribution in [0.25, 0.3) is 11.0 Å². The van der Waals surface area contributed by atoms with Gasteiger partial charge in [-0.25, -0.2) is 9.78 Å². The number of aromatic carboxylic acids is 1. The molecule has 112 valence electrons. The van der Waals surface area contributed by atoms with Gasteiger partial charge in [0.15, 0.2) is 0 Å². The van der Waals surface area contributed by atoms with Crippen molar-refractivity contribution in [1.82, 2.24) is 9.55 Å². The molecule has 0 saturated heterocycles. The van der Waals surface area contributed by atoms with E-state index in [9.17, 15) is 9.59 Å². The fourth-order valence-electron chi connectivity index (χ4n) is 2.27. The Bertz CT molecular complexity index is 676. The first-order valence-electron chi connectivity index (χ1n) is 6.94. The van der Waals surface area contributed by atoms with Crippen LogP contribution in [-0.4, -0.2) is 33.2 Å². The topological polar surface area (TPSA) is 81.4 Å². The fourth-order valence-corrected chi connectivity index (χ4v) is 2.27. The normalized spacial score (nSPS) is 10.8. The highest BCUT2D eigenvalue weighted by Gasteiger charge is 2.13. The van der Waals surface area contributed by atoms with Gasteiger partial charge in [0.25, 0.3) is 0 Å². The van der Waals surface area contributed by atoms with Gasteiger partial charge in [-0.15, -0.1) is 0 Å². The molecule has 0 saturated carbocycles. The summed E-state index contributed by atoms with van der Waals surface area (Å²) in [5.74, 6) is -0.392. The second-order valence-corrected chi connectivity index (χ2v) is 4.60. The predicted molar refractivity (Wildman–Crippen MR) is 77.3 cm³/mol. The van der Waals surface area contributed by atoms with Crippen molar-refractivity contribution in [3.05, 3.63) is 29.6 Å². The maximum Gasteiger partial charge on any atom is 0.335 e. The molecule has 6 nitrogen and oxygen atoms in total. The van der Waals surface area contributed by atoms with Crippen LogP contribution in [0.1, 0.15) is 36.5 Å². The average Bonchev–Trinajstić information content (AvgIpc) is 2.82. The molecule has 1 heterocycles. The zero-order chi connectivity index (χ0) is 15.4. The number of hydrogen-bond acceptors (Lipinski definition) is 4. The lowest BCUT2D eigenvalue weighted by atomic mass is 10.2. The van der Waals surface area contributed by atoms with Gasteiger partial charge < -0.3 is 14.4 Å². The van der Waals surface area contributed by atoms with Gasteiger partial charge >= 0.3 is 11.9 Å². The number of fused-ring (bicyclic) bond motifs is 1. The predicted octanol–water partition coefficient (Wildman–Crippen LogP) is 2.25.